The van der Waals surface area contributed by atoms with E-state index in [1.165, 1.54) is 135 Å². The van der Waals surface area contributed by atoms with Gasteiger partial charge in [-0.15, -0.1) is 0 Å². The lowest BCUT2D eigenvalue weighted by Gasteiger charge is -2.57. The zero-order valence-electron chi connectivity index (χ0n) is 34.5. The number of rotatable bonds is 7. The SMILES string of the molecule is CC1CCCCC1N(C1CCCC(C2CCCCC2)C1O)C1CC(C2C(O)CC(NC3CCCC4C5CCC=CC5OC34)C3OCC[C@H]32)=CC2CCCCC21. The lowest BCUT2D eigenvalue weighted by molar-refractivity contribution is -0.102. The van der Waals surface area contributed by atoms with E-state index < -0.39 is 0 Å². The molecule has 0 aromatic rings. The Bertz CT molecular complexity index is 1360. The highest BCUT2D eigenvalue weighted by molar-refractivity contribution is 5.24. The zero-order valence-corrected chi connectivity index (χ0v) is 34.5. The summed E-state index contributed by atoms with van der Waals surface area (Å²) >= 11 is 0. The van der Waals surface area contributed by atoms with Crippen molar-refractivity contribution in [1.29, 1.82) is 0 Å². The summed E-state index contributed by atoms with van der Waals surface area (Å²) in [6.45, 7) is 3.38. The summed E-state index contributed by atoms with van der Waals surface area (Å²) < 4.78 is 13.6. The molecule has 3 N–H and O–H groups in total. The van der Waals surface area contributed by atoms with Gasteiger partial charge in [0.2, 0.25) is 0 Å². The van der Waals surface area contributed by atoms with Crippen molar-refractivity contribution in [2.24, 2.45) is 53.3 Å². The van der Waals surface area contributed by atoms with Crippen LogP contribution in [0, 0.1) is 53.3 Å². The van der Waals surface area contributed by atoms with E-state index >= 15 is 0 Å². The van der Waals surface area contributed by atoms with E-state index in [1.807, 2.05) is 0 Å². The molecular weight excluding hydrogens is 681 g/mol. The number of nitrogens with zero attached hydrogens (tertiary/aromatic N) is 1. The Morgan fingerprint density at radius 1 is 0.655 bits per heavy atom. The molecule has 55 heavy (non-hydrogen) atoms. The van der Waals surface area contributed by atoms with Crippen molar-refractivity contribution < 1.29 is 19.7 Å². The van der Waals surface area contributed by atoms with Crippen LogP contribution in [0.2, 0.25) is 0 Å². The van der Waals surface area contributed by atoms with Crippen molar-refractivity contribution in [3.63, 3.8) is 0 Å². The lowest BCUT2D eigenvalue weighted by atomic mass is 9.61. The molecule has 0 amide bonds. The van der Waals surface area contributed by atoms with Crippen molar-refractivity contribution in [3.8, 4) is 0 Å². The summed E-state index contributed by atoms with van der Waals surface area (Å²) in [7, 11) is 0. The second-order valence-electron chi connectivity index (χ2n) is 21.3. The topological polar surface area (TPSA) is 74.2 Å². The van der Waals surface area contributed by atoms with Crippen LogP contribution >= 0.6 is 0 Å². The van der Waals surface area contributed by atoms with Crippen LogP contribution < -0.4 is 5.32 Å². The number of nitrogens with one attached hydrogen (secondary N) is 1. The van der Waals surface area contributed by atoms with Crippen LogP contribution in [0.1, 0.15) is 161 Å². The molecule has 10 rings (SSSR count). The minimum atomic E-state index is -0.333. The monoisotopic (exact) mass is 759 g/mol. The molecule has 0 spiro atoms. The number of aliphatic hydroxyl groups is 2. The molecule has 0 radical (unpaired) electrons. The van der Waals surface area contributed by atoms with Gasteiger partial charge in [0.25, 0.3) is 0 Å². The molecule has 308 valence electrons. The van der Waals surface area contributed by atoms with Crippen molar-refractivity contribution in [3.05, 3.63) is 23.8 Å². The number of allylic oxidation sites excluding steroid dienone is 2. The minimum absolute atomic E-state index is 0.173. The van der Waals surface area contributed by atoms with Crippen molar-refractivity contribution >= 4 is 0 Å². The maximum Gasteiger partial charge on any atom is 0.0792 e. The molecule has 6 heteroatoms. The molecule has 0 aromatic heterocycles. The first-order valence-electron chi connectivity index (χ1n) is 24.6. The number of fused-ring (bicyclic) bond motifs is 5. The highest BCUT2D eigenvalue weighted by Gasteiger charge is 2.55. The standard InChI is InChI=1S/C49H78N2O4/c1-30-13-5-9-22-41(30)51(42-23-12-19-35(47(42)53)31-14-3-2-4-15-31)43-28-33(27-32-16-6-7-17-34(32)43)46-38-25-26-54-48(38)40(29-44(46)52)50-39-21-11-20-37-36-18-8-10-24-45(36)55-49(37)39/h10,24,27,30-32,34-50,52-53H,2-9,11-23,25-26,28-29H2,1H3/t30?,32?,34?,35?,36?,37?,38-,39?,40?,41?,42?,43?,44?,45?,46?,47?,48?,49?/m0/s1. The molecule has 8 aliphatic carbocycles. The molecule has 18 atom stereocenters. The molecule has 10 aliphatic rings. The summed E-state index contributed by atoms with van der Waals surface area (Å²) in [5, 5.41) is 29.3. The van der Waals surface area contributed by atoms with E-state index in [1.54, 1.807) is 5.57 Å². The van der Waals surface area contributed by atoms with Gasteiger partial charge in [-0.05, 0) is 131 Å². The van der Waals surface area contributed by atoms with Gasteiger partial charge in [-0.2, -0.15) is 0 Å². The lowest BCUT2D eigenvalue weighted by Crippen LogP contribution is -2.63. The molecule has 2 saturated heterocycles. The predicted octanol–water partition coefficient (Wildman–Crippen LogP) is 9.13. The minimum Gasteiger partial charge on any atom is -0.392 e. The zero-order chi connectivity index (χ0) is 37.0. The van der Waals surface area contributed by atoms with Gasteiger partial charge in [0.1, 0.15) is 0 Å². The van der Waals surface area contributed by atoms with Crippen LogP contribution in [0.5, 0.6) is 0 Å². The van der Waals surface area contributed by atoms with Crippen LogP contribution in [-0.2, 0) is 9.47 Å². The third kappa shape index (κ3) is 7.31. The highest BCUT2D eigenvalue weighted by Crippen LogP contribution is 2.53. The third-order valence-electron chi connectivity index (χ3n) is 18.5. The van der Waals surface area contributed by atoms with E-state index in [2.05, 4.69) is 35.4 Å². The molecule has 2 aliphatic heterocycles. The fourth-order valence-electron chi connectivity index (χ4n) is 16.1. The van der Waals surface area contributed by atoms with E-state index in [4.69, 9.17) is 9.47 Å². The Hall–Kier alpha value is -0.760. The third-order valence-corrected chi connectivity index (χ3v) is 18.5. The van der Waals surface area contributed by atoms with E-state index in [9.17, 15) is 10.2 Å². The Morgan fingerprint density at radius 3 is 2.31 bits per heavy atom. The van der Waals surface area contributed by atoms with E-state index in [-0.39, 0.29) is 30.3 Å². The Balaban J connectivity index is 0.916. The first-order valence-corrected chi connectivity index (χ1v) is 24.6. The van der Waals surface area contributed by atoms with Gasteiger partial charge in [-0.1, -0.05) is 101 Å². The van der Waals surface area contributed by atoms with Gasteiger partial charge in [0.05, 0.1) is 30.5 Å². The Labute approximate surface area is 334 Å². The maximum absolute atomic E-state index is 12.6. The summed E-state index contributed by atoms with van der Waals surface area (Å²) in [4.78, 5) is 3.08. The summed E-state index contributed by atoms with van der Waals surface area (Å²) in [5.41, 5.74) is 1.58. The second-order valence-corrected chi connectivity index (χ2v) is 21.3. The first kappa shape index (κ1) is 38.4. The number of hydrogen-bond donors (Lipinski definition) is 3. The van der Waals surface area contributed by atoms with Crippen LogP contribution in [0.3, 0.4) is 0 Å². The number of hydrogen-bond acceptors (Lipinski definition) is 6. The highest BCUT2D eigenvalue weighted by atomic mass is 16.5. The molecule has 8 fully saturated rings. The predicted molar refractivity (Wildman–Crippen MR) is 219 cm³/mol. The van der Waals surface area contributed by atoms with Gasteiger partial charge in [0.15, 0.2) is 0 Å². The van der Waals surface area contributed by atoms with Gasteiger partial charge >= 0.3 is 0 Å². The second kappa shape index (κ2) is 16.7. The molecule has 2 heterocycles. The summed E-state index contributed by atoms with van der Waals surface area (Å²) in [6.07, 6.45) is 38.1. The quantitative estimate of drug-likeness (QED) is 0.225. The van der Waals surface area contributed by atoms with Gasteiger partial charge in [-0.25, -0.2) is 0 Å². The fraction of sp³-hybridized carbons (Fsp3) is 0.918. The largest absolute Gasteiger partial charge is 0.392 e. The van der Waals surface area contributed by atoms with Crippen LogP contribution in [0.25, 0.3) is 0 Å². The molecule has 17 unspecified atom stereocenters. The molecular formula is C49H78N2O4. The normalized spacial score (nSPS) is 50.5. The van der Waals surface area contributed by atoms with E-state index in [0.29, 0.717) is 77.8 Å². The number of ether oxygens (including phenoxy) is 2. The maximum atomic E-state index is 12.6. The molecule has 6 nitrogen and oxygen atoms in total. The molecule has 0 bridgehead atoms. The van der Waals surface area contributed by atoms with Gasteiger partial charge in [-0.3, -0.25) is 4.90 Å². The number of aliphatic hydroxyl groups excluding tert-OH is 2. The first-order chi connectivity index (χ1) is 27.0. The van der Waals surface area contributed by atoms with Crippen molar-refractivity contribution in [1.82, 2.24) is 10.2 Å². The Kier molecular flexibility index (Phi) is 11.7. The van der Waals surface area contributed by atoms with Gasteiger partial charge in [0, 0.05) is 42.7 Å². The van der Waals surface area contributed by atoms with Crippen molar-refractivity contribution in [2.45, 2.75) is 222 Å². The Morgan fingerprint density at radius 2 is 1.42 bits per heavy atom. The smallest absolute Gasteiger partial charge is 0.0792 e. The summed E-state index contributed by atoms with van der Waals surface area (Å²) in [5.74, 6) is 5.12. The van der Waals surface area contributed by atoms with Crippen LogP contribution in [0.4, 0.5) is 0 Å². The molecule has 6 saturated carbocycles. The van der Waals surface area contributed by atoms with Gasteiger partial charge < -0.3 is 25.0 Å². The average Bonchev–Trinajstić information content (AvgIpc) is 3.86. The van der Waals surface area contributed by atoms with E-state index in [0.717, 1.165) is 31.8 Å². The van der Waals surface area contributed by atoms with Crippen LogP contribution in [0.15, 0.2) is 23.8 Å². The average molecular weight is 759 g/mol. The molecule has 0 aromatic carbocycles. The summed E-state index contributed by atoms with van der Waals surface area (Å²) in [6, 6.07) is 1.92. The van der Waals surface area contributed by atoms with Crippen molar-refractivity contribution in [2.75, 3.05) is 6.61 Å². The fourth-order valence-corrected chi connectivity index (χ4v) is 16.1. The van der Waals surface area contributed by atoms with Crippen LogP contribution in [-0.4, -0.2) is 82.4 Å².